The highest BCUT2D eigenvalue weighted by atomic mass is 32.3. The van der Waals surface area contributed by atoms with Crippen molar-refractivity contribution < 1.29 is 23.0 Å². The molecule has 0 saturated heterocycles. The maximum atomic E-state index is 8.52. The Balaban J connectivity index is -0.0000000800. The molecule has 0 saturated carbocycles. The van der Waals surface area contributed by atoms with E-state index in [9.17, 15) is 0 Å². The van der Waals surface area contributed by atoms with Crippen molar-refractivity contribution in [3.8, 4) is 0 Å². The summed E-state index contributed by atoms with van der Waals surface area (Å²) >= 11 is 0. The molecule has 0 aromatic rings. The summed E-state index contributed by atoms with van der Waals surface area (Å²) in [6.45, 7) is 0. The quantitative estimate of drug-likeness (QED) is 0.222. The summed E-state index contributed by atoms with van der Waals surface area (Å²) in [5.74, 6) is 0. The highest BCUT2D eigenvalue weighted by molar-refractivity contribution is 7.79. The van der Waals surface area contributed by atoms with Crippen LogP contribution in [0.15, 0.2) is 0 Å². The zero-order valence-corrected chi connectivity index (χ0v) is 5.04. The average molecular weight is 140 g/mol. The summed E-state index contributed by atoms with van der Waals surface area (Å²) in [7, 11) is -5.17. The molecule has 0 aliphatic heterocycles. The van der Waals surface area contributed by atoms with Crippen LogP contribution in [0.4, 0.5) is 0 Å². The number of rotatable bonds is 0. The van der Waals surface area contributed by atoms with E-state index in [2.05, 4.69) is 0 Å². The van der Waals surface area contributed by atoms with E-state index in [0.29, 0.717) is 0 Å². The molecule has 7 heavy (non-hydrogen) atoms. The highest BCUT2D eigenvalue weighted by Crippen LogP contribution is 1.57. The third kappa shape index (κ3) is 922. The molecule has 7 heteroatoms. The second kappa shape index (κ2) is 4.52. The smallest absolute Gasteiger partial charge is 0.0311 e. The average Bonchev–Trinajstić information content (AvgIpc) is 0.722. The molecule has 0 spiro atoms. The Morgan fingerprint density at radius 3 is 1.14 bits per heavy atom. The number of hydrogen-bond donors (Lipinski definition) is 0. The summed E-state index contributed by atoms with van der Waals surface area (Å²) in [6, 6.07) is 0. The van der Waals surface area contributed by atoms with Gasteiger partial charge in [-0.15, -0.1) is 0 Å². The van der Waals surface area contributed by atoms with Gasteiger partial charge in [0.2, 0.25) is 0 Å². The zero-order valence-electron chi connectivity index (χ0n) is 3.07. The largest absolute Gasteiger partial charge is 0.870 e. The minimum absolute atomic E-state index is 0. The third-order valence-electron chi connectivity index (χ3n) is 0. The molecule has 5 nitrogen and oxygen atoms in total. The molecule has 0 amide bonds. The fraction of sp³-hybridized carbons (Fsp3) is 0. The molecule has 43 valence electrons. The van der Waals surface area contributed by atoms with E-state index in [4.69, 9.17) is 17.5 Å². The van der Waals surface area contributed by atoms with E-state index < -0.39 is 10.4 Å². The topological polar surface area (TPSA) is 110 Å². The van der Waals surface area contributed by atoms with E-state index in [-0.39, 0.29) is 22.8 Å². The molecule has 0 aliphatic rings. The van der Waals surface area contributed by atoms with E-state index in [1.165, 1.54) is 0 Å². The van der Waals surface area contributed by atoms with Crippen molar-refractivity contribution in [1.29, 1.82) is 0 Å². The SMILES string of the molecule is O=S(=O)([O-])[O-].[Al].[OH-]. The van der Waals surface area contributed by atoms with Crippen molar-refractivity contribution in [2.24, 2.45) is 0 Å². The monoisotopic (exact) mass is 140 g/mol. The molecule has 0 rings (SSSR count). The van der Waals surface area contributed by atoms with Gasteiger partial charge in [0.1, 0.15) is 0 Å². The lowest BCUT2D eigenvalue weighted by Gasteiger charge is -2.06. The first-order valence-electron chi connectivity index (χ1n) is 0.667. The molecule has 0 fully saturated rings. The molecular weight excluding hydrogens is 139 g/mol. The summed E-state index contributed by atoms with van der Waals surface area (Å²) in [4.78, 5) is 0. The minimum atomic E-state index is -5.17. The van der Waals surface area contributed by atoms with Crippen molar-refractivity contribution in [3.05, 3.63) is 0 Å². The molecule has 0 aromatic carbocycles. The van der Waals surface area contributed by atoms with E-state index in [1.807, 2.05) is 0 Å². The summed E-state index contributed by atoms with van der Waals surface area (Å²) in [5.41, 5.74) is 0. The van der Waals surface area contributed by atoms with E-state index in [1.54, 1.807) is 0 Å². The lowest BCUT2D eigenvalue weighted by Crippen LogP contribution is -1.91. The summed E-state index contributed by atoms with van der Waals surface area (Å²) < 4.78 is 34.1. The van der Waals surface area contributed by atoms with Gasteiger partial charge in [-0.1, -0.05) is 0 Å². The predicted molar refractivity (Wildman–Crippen MR) is 18.2 cm³/mol. The Kier molecular flexibility index (Phi) is 10.1. The molecule has 0 aromatic heterocycles. The molecule has 0 unspecified atom stereocenters. The molecule has 3 radical (unpaired) electrons. The van der Waals surface area contributed by atoms with Gasteiger partial charge >= 0.3 is 0 Å². The minimum Gasteiger partial charge on any atom is -0.870 e. The van der Waals surface area contributed by atoms with Crippen LogP contribution < -0.4 is 0 Å². The van der Waals surface area contributed by atoms with Crippen molar-refractivity contribution in [2.75, 3.05) is 0 Å². The van der Waals surface area contributed by atoms with Crippen LogP contribution in [0, 0.1) is 0 Å². The standard InChI is InChI=1S/Al.H2O4S.H2O/c;1-5(2,3)4;/h;(H2,1,2,3,4);1H2/p-3. The van der Waals surface area contributed by atoms with Crippen LogP contribution in [0.1, 0.15) is 0 Å². The molecule has 0 bridgehead atoms. The molecule has 0 aliphatic carbocycles. The van der Waals surface area contributed by atoms with Gasteiger partial charge in [-0.3, -0.25) is 8.42 Å². The van der Waals surface area contributed by atoms with Gasteiger partial charge in [0.05, 0.1) is 0 Å². The van der Waals surface area contributed by atoms with Gasteiger partial charge in [0.15, 0.2) is 0 Å². The Hall–Kier alpha value is 0.362. The van der Waals surface area contributed by atoms with Crippen LogP contribution in [0.3, 0.4) is 0 Å². The van der Waals surface area contributed by atoms with Crippen LogP contribution in [-0.2, 0) is 10.4 Å². The molecular formula is HAlO5S-3. The van der Waals surface area contributed by atoms with Crippen LogP contribution in [0.2, 0.25) is 0 Å². The van der Waals surface area contributed by atoms with Crippen molar-refractivity contribution in [1.82, 2.24) is 0 Å². The molecule has 1 N–H and O–H groups in total. The van der Waals surface area contributed by atoms with Crippen LogP contribution in [0.5, 0.6) is 0 Å². The first-order chi connectivity index (χ1) is 2.00. The van der Waals surface area contributed by atoms with Crippen molar-refractivity contribution in [2.45, 2.75) is 0 Å². The van der Waals surface area contributed by atoms with Crippen molar-refractivity contribution >= 4 is 27.8 Å². The summed E-state index contributed by atoms with van der Waals surface area (Å²) in [5, 5.41) is 0. The predicted octanol–water partition coefficient (Wildman–Crippen LogP) is -1.90. The Labute approximate surface area is 51.4 Å². The van der Waals surface area contributed by atoms with Gasteiger partial charge in [-0.25, -0.2) is 0 Å². The lowest BCUT2D eigenvalue weighted by molar-refractivity contribution is 0.352. The Morgan fingerprint density at radius 2 is 1.14 bits per heavy atom. The van der Waals surface area contributed by atoms with Gasteiger partial charge < -0.3 is 14.6 Å². The second-order valence-corrected chi connectivity index (χ2v) is 1.22. The van der Waals surface area contributed by atoms with Gasteiger partial charge in [0, 0.05) is 27.8 Å². The highest BCUT2D eigenvalue weighted by Gasteiger charge is 1.49. The molecule has 0 heterocycles. The Bertz CT molecular complexity index is 91.2. The maximum Gasteiger partial charge on any atom is 0.0311 e. The van der Waals surface area contributed by atoms with Crippen molar-refractivity contribution in [3.63, 3.8) is 0 Å². The normalized spacial score (nSPS) is 8.29. The summed E-state index contributed by atoms with van der Waals surface area (Å²) in [6.07, 6.45) is 0. The van der Waals surface area contributed by atoms with Crippen LogP contribution in [-0.4, -0.2) is 40.4 Å². The third-order valence-corrected chi connectivity index (χ3v) is 0. The second-order valence-electron chi connectivity index (χ2n) is 0.408. The lowest BCUT2D eigenvalue weighted by atomic mass is 15.8. The van der Waals surface area contributed by atoms with Crippen LogP contribution >= 0.6 is 0 Å². The fourth-order valence-corrected chi connectivity index (χ4v) is 0. The van der Waals surface area contributed by atoms with E-state index in [0.717, 1.165) is 0 Å². The van der Waals surface area contributed by atoms with Gasteiger partial charge in [-0.2, -0.15) is 0 Å². The molecule has 0 atom stereocenters. The van der Waals surface area contributed by atoms with Crippen LogP contribution in [0.25, 0.3) is 0 Å². The fourth-order valence-electron chi connectivity index (χ4n) is 0. The first kappa shape index (κ1) is 15.7. The number of hydrogen-bond acceptors (Lipinski definition) is 5. The zero-order chi connectivity index (χ0) is 4.50. The Morgan fingerprint density at radius 1 is 1.14 bits per heavy atom. The van der Waals surface area contributed by atoms with E-state index >= 15 is 0 Å². The maximum absolute atomic E-state index is 8.52. The van der Waals surface area contributed by atoms with Gasteiger partial charge in [0.25, 0.3) is 0 Å². The van der Waals surface area contributed by atoms with Gasteiger partial charge in [-0.05, 0) is 0 Å². The first-order valence-corrected chi connectivity index (χ1v) is 2.00.